The second-order valence-corrected chi connectivity index (χ2v) is 10.2. The number of phenolic OH excluding ortho intramolecular Hbond substituents is 1. The predicted molar refractivity (Wildman–Crippen MR) is 150 cm³/mol. The summed E-state index contributed by atoms with van der Waals surface area (Å²) in [7, 11) is 0. The summed E-state index contributed by atoms with van der Waals surface area (Å²) in [6.07, 6.45) is 5.67. The van der Waals surface area contributed by atoms with E-state index < -0.39 is 0 Å². The number of pyridine rings is 1. The maximum atomic E-state index is 13.2. The van der Waals surface area contributed by atoms with E-state index in [0.29, 0.717) is 36.0 Å². The zero-order valence-electron chi connectivity index (χ0n) is 20.5. The van der Waals surface area contributed by atoms with Crippen molar-refractivity contribution in [2.24, 2.45) is 0 Å². The fourth-order valence-electron chi connectivity index (χ4n) is 3.84. The van der Waals surface area contributed by atoms with E-state index in [-0.39, 0.29) is 17.7 Å². The monoisotopic (exact) mass is 579 g/mol. The molecule has 0 saturated heterocycles. The Kier molecular flexibility index (Phi) is 8.74. The summed E-state index contributed by atoms with van der Waals surface area (Å²) in [6.45, 7) is 5.08. The van der Waals surface area contributed by atoms with Gasteiger partial charge in [0.05, 0.1) is 16.3 Å². The Morgan fingerprint density at radius 2 is 1.95 bits per heavy atom. The second-order valence-electron chi connectivity index (χ2n) is 8.85. The normalized spacial score (nSPS) is 10.9. The zero-order valence-corrected chi connectivity index (χ0v) is 22.9. The Labute approximate surface area is 229 Å². The smallest absolute Gasteiger partial charge is 0.255 e. The molecule has 4 aromatic rings. The largest absolute Gasteiger partial charge is 0.506 e. The van der Waals surface area contributed by atoms with Gasteiger partial charge in [-0.25, -0.2) is 9.97 Å². The van der Waals surface area contributed by atoms with Crippen molar-refractivity contribution < 1.29 is 9.90 Å². The van der Waals surface area contributed by atoms with Gasteiger partial charge in [0.1, 0.15) is 5.75 Å². The molecule has 0 bridgehead atoms. The summed E-state index contributed by atoms with van der Waals surface area (Å²) in [6, 6.07) is 16.9. The molecule has 2 heterocycles. The molecule has 9 heteroatoms. The number of nitrogens with zero attached hydrogens (tertiary/aromatic N) is 4. The van der Waals surface area contributed by atoms with Gasteiger partial charge in [-0.15, -0.1) is 0 Å². The van der Waals surface area contributed by atoms with Crippen LogP contribution in [0.4, 0.5) is 5.95 Å². The minimum Gasteiger partial charge on any atom is -0.506 e. The van der Waals surface area contributed by atoms with Gasteiger partial charge in [0.25, 0.3) is 5.91 Å². The van der Waals surface area contributed by atoms with Crippen molar-refractivity contribution in [1.29, 1.82) is 0 Å². The lowest BCUT2D eigenvalue weighted by Gasteiger charge is -2.27. The first-order chi connectivity index (χ1) is 17.8. The molecule has 37 heavy (non-hydrogen) atoms. The summed E-state index contributed by atoms with van der Waals surface area (Å²) >= 11 is 9.39. The first kappa shape index (κ1) is 26.6. The van der Waals surface area contributed by atoms with Crippen LogP contribution >= 0.6 is 27.5 Å². The maximum Gasteiger partial charge on any atom is 0.255 e. The van der Waals surface area contributed by atoms with Crippen LogP contribution in [0.15, 0.2) is 77.7 Å². The Hall–Kier alpha value is -3.49. The van der Waals surface area contributed by atoms with E-state index in [9.17, 15) is 9.90 Å². The number of benzene rings is 2. The number of carbonyl (C=O) groups excluding carboxylic acids is 1. The summed E-state index contributed by atoms with van der Waals surface area (Å²) in [5.74, 6) is 0.522. The van der Waals surface area contributed by atoms with Crippen molar-refractivity contribution in [2.75, 3.05) is 11.9 Å². The van der Waals surface area contributed by atoms with E-state index in [2.05, 4.69) is 36.2 Å². The number of amides is 1. The van der Waals surface area contributed by atoms with Crippen LogP contribution in [-0.2, 0) is 13.0 Å². The molecule has 0 atom stereocenters. The number of hydrogen-bond acceptors (Lipinski definition) is 6. The number of carbonyl (C=O) groups is 1. The van der Waals surface area contributed by atoms with Crippen molar-refractivity contribution >= 4 is 39.4 Å². The van der Waals surface area contributed by atoms with Gasteiger partial charge < -0.3 is 15.3 Å². The minimum atomic E-state index is -0.0716. The lowest BCUT2D eigenvalue weighted by atomic mass is 10.1. The highest BCUT2D eigenvalue weighted by atomic mass is 79.9. The molecule has 7 nitrogen and oxygen atoms in total. The molecule has 2 N–H and O–H groups in total. The number of aromatic hydroxyl groups is 1. The fourth-order valence-corrected chi connectivity index (χ4v) is 4.41. The Morgan fingerprint density at radius 3 is 2.70 bits per heavy atom. The summed E-state index contributed by atoms with van der Waals surface area (Å²) < 4.78 is 0.768. The van der Waals surface area contributed by atoms with E-state index >= 15 is 0 Å². The molecule has 0 fully saturated rings. The fraction of sp³-hybridized carbons (Fsp3) is 0.214. The van der Waals surface area contributed by atoms with Crippen LogP contribution in [-0.4, -0.2) is 43.5 Å². The molecular formula is C28H27BrClN5O2. The van der Waals surface area contributed by atoms with Crippen LogP contribution < -0.4 is 5.32 Å². The predicted octanol–water partition coefficient (Wildman–Crippen LogP) is 6.37. The number of nitrogens with one attached hydrogen (secondary N) is 1. The van der Waals surface area contributed by atoms with Gasteiger partial charge >= 0.3 is 0 Å². The van der Waals surface area contributed by atoms with E-state index in [1.165, 1.54) is 0 Å². The molecule has 0 aliphatic carbocycles. The van der Waals surface area contributed by atoms with Crippen molar-refractivity contribution in [3.63, 3.8) is 0 Å². The summed E-state index contributed by atoms with van der Waals surface area (Å²) in [4.78, 5) is 28.2. The maximum absolute atomic E-state index is 13.2. The lowest BCUT2D eigenvalue weighted by molar-refractivity contribution is 0.0690. The van der Waals surface area contributed by atoms with Gasteiger partial charge in [-0.2, -0.15) is 0 Å². The summed E-state index contributed by atoms with van der Waals surface area (Å²) in [5, 5.41) is 13.2. The summed E-state index contributed by atoms with van der Waals surface area (Å²) in [5.41, 5.74) is 4.27. The van der Waals surface area contributed by atoms with Gasteiger partial charge in [-0.05, 0) is 77.7 Å². The molecule has 0 saturated carbocycles. The van der Waals surface area contributed by atoms with Crippen LogP contribution in [0.5, 0.6) is 5.75 Å². The van der Waals surface area contributed by atoms with Crippen LogP contribution in [0.2, 0.25) is 5.02 Å². The van der Waals surface area contributed by atoms with Crippen LogP contribution in [0.25, 0.3) is 11.3 Å². The minimum absolute atomic E-state index is 0.00783. The highest BCUT2D eigenvalue weighted by molar-refractivity contribution is 9.10. The number of phenols is 1. The highest BCUT2D eigenvalue weighted by Crippen LogP contribution is 2.24. The molecule has 1 amide bonds. The number of hydrogen-bond donors (Lipinski definition) is 2. The van der Waals surface area contributed by atoms with Gasteiger partial charge in [-0.3, -0.25) is 9.78 Å². The van der Waals surface area contributed by atoms with Crippen LogP contribution in [0.3, 0.4) is 0 Å². The average molecular weight is 581 g/mol. The van der Waals surface area contributed by atoms with Crippen molar-refractivity contribution in [3.8, 4) is 17.0 Å². The molecule has 4 rings (SSSR count). The van der Waals surface area contributed by atoms with Crippen molar-refractivity contribution in [2.45, 2.75) is 32.9 Å². The van der Waals surface area contributed by atoms with Gasteiger partial charge in [0.15, 0.2) is 0 Å². The number of halogens is 2. The SMILES string of the molecule is CC(C)N(Cc1cccc(-c2ccnc(NCCc3ccc(O)c(Cl)c3)n2)c1)C(=O)c1cncc(Br)c1. The molecule has 190 valence electrons. The molecule has 0 radical (unpaired) electrons. The van der Waals surface area contributed by atoms with Crippen molar-refractivity contribution in [3.05, 3.63) is 99.4 Å². The standard InChI is InChI=1S/C28H27BrClN5O2/c1-18(2)35(27(37)22-14-23(29)16-31-15-22)17-20-4-3-5-21(12-20)25-9-11-33-28(34-25)32-10-8-19-6-7-26(36)24(30)13-19/h3-7,9,11-16,18,36H,8,10,17H2,1-2H3,(H,32,33,34). The van der Waals surface area contributed by atoms with E-state index in [1.54, 1.807) is 36.8 Å². The first-order valence-corrected chi connectivity index (χ1v) is 13.0. The van der Waals surface area contributed by atoms with Gasteiger partial charge in [-0.1, -0.05) is 35.9 Å². The number of anilines is 1. The van der Waals surface area contributed by atoms with E-state index in [0.717, 1.165) is 26.9 Å². The van der Waals surface area contributed by atoms with Gasteiger partial charge in [0, 0.05) is 47.8 Å². The quantitative estimate of drug-likeness (QED) is 0.239. The lowest BCUT2D eigenvalue weighted by Crippen LogP contribution is -2.36. The zero-order chi connectivity index (χ0) is 26.4. The number of aromatic nitrogens is 3. The third-order valence-corrected chi connectivity index (χ3v) is 6.51. The molecule has 2 aromatic carbocycles. The molecule has 0 aliphatic heterocycles. The topological polar surface area (TPSA) is 91.2 Å². The Morgan fingerprint density at radius 1 is 1.11 bits per heavy atom. The van der Waals surface area contributed by atoms with Gasteiger partial charge in [0.2, 0.25) is 5.95 Å². The molecule has 0 spiro atoms. The molecule has 0 unspecified atom stereocenters. The molecule has 2 aromatic heterocycles. The first-order valence-electron chi connectivity index (χ1n) is 11.9. The molecule has 0 aliphatic rings. The number of rotatable bonds is 9. The van der Waals surface area contributed by atoms with Crippen molar-refractivity contribution in [1.82, 2.24) is 19.9 Å². The highest BCUT2D eigenvalue weighted by Gasteiger charge is 2.20. The average Bonchev–Trinajstić information content (AvgIpc) is 2.89. The molecular weight excluding hydrogens is 554 g/mol. The van der Waals surface area contributed by atoms with Crippen LogP contribution in [0.1, 0.15) is 35.3 Å². The van der Waals surface area contributed by atoms with Crippen LogP contribution in [0, 0.1) is 0 Å². The van der Waals surface area contributed by atoms with E-state index in [1.807, 2.05) is 55.1 Å². The third kappa shape index (κ3) is 7.05. The second kappa shape index (κ2) is 12.2. The Balaban J connectivity index is 1.45. The third-order valence-electron chi connectivity index (χ3n) is 5.78. The van der Waals surface area contributed by atoms with E-state index in [4.69, 9.17) is 11.6 Å². The Bertz CT molecular complexity index is 1400.